The highest BCUT2D eigenvalue weighted by molar-refractivity contribution is 5.85. The summed E-state index contributed by atoms with van der Waals surface area (Å²) in [5.41, 5.74) is 22.1. The molecule has 0 unspecified atom stereocenters. The van der Waals surface area contributed by atoms with Crippen molar-refractivity contribution in [2.45, 2.75) is 64.2 Å². The summed E-state index contributed by atoms with van der Waals surface area (Å²) in [7, 11) is 0. The van der Waals surface area contributed by atoms with Crippen molar-refractivity contribution in [1.82, 2.24) is 0 Å². The first-order chi connectivity index (χ1) is 22.0. The van der Waals surface area contributed by atoms with Gasteiger partial charge in [0.1, 0.15) is 0 Å². The molecule has 0 bridgehead atoms. The predicted molar refractivity (Wildman–Crippen MR) is 194 cm³/mol. The number of benzene rings is 6. The van der Waals surface area contributed by atoms with Crippen molar-refractivity contribution in [3.05, 3.63) is 166 Å². The Labute approximate surface area is 273 Å². The molecule has 0 N–H and O–H groups in total. The fraction of sp³-hybridized carbons (Fsp3) is 0.217. The highest BCUT2D eigenvalue weighted by Gasteiger charge is 2.37. The summed E-state index contributed by atoms with van der Waals surface area (Å²) in [6.45, 7) is 14.3. The van der Waals surface area contributed by atoms with Gasteiger partial charge in [-0.25, -0.2) is 0 Å². The average Bonchev–Trinajstić information content (AvgIpc) is 3.44. The van der Waals surface area contributed by atoms with Crippen molar-refractivity contribution in [3.8, 4) is 44.5 Å². The van der Waals surface area contributed by atoms with E-state index in [1.54, 1.807) is 0 Å². The predicted octanol–water partition coefficient (Wildman–Crippen LogP) is 11.9. The van der Waals surface area contributed by atoms with E-state index in [4.69, 9.17) is 0 Å². The van der Waals surface area contributed by atoms with Crippen LogP contribution in [0.2, 0.25) is 0 Å². The summed E-state index contributed by atoms with van der Waals surface area (Å²) in [6.07, 6.45) is 0.980. The van der Waals surface area contributed by atoms with Gasteiger partial charge < -0.3 is 0 Å². The maximum atomic E-state index is 2.48. The lowest BCUT2D eigenvalue weighted by Crippen LogP contribution is -2.27. The van der Waals surface area contributed by atoms with Gasteiger partial charge in [-0.05, 0) is 120 Å². The molecule has 0 radical (unpaired) electrons. The Hall–Kier alpha value is -4.68. The van der Waals surface area contributed by atoms with E-state index in [0.717, 1.165) is 6.42 Å². The van der Waals surface area contributed by atoms with E-state index in [1.165, 1.54) is 89.0 Å². The zero-order valence-electron chi connectivity index (χ0n) is 27.8. The lowest BCUT2D eigenvalue weighted by atomic mass is 9.68. The summed E-state index contributed by atoms with van der Waals surface area (Å²) in [5.74, 6) is 0. The van der Waals surface area contributed by atoms with Crippen LogP contribution in [0.25, 0.3) is 44.5 Å². The molecule has 224 valence electrons. The molecule has 6 aromatic rings. The van der Waals surface area contributed by atoms with Gasteiger partial charge in [0.05, 0.1) is 0 Å². The lowest BCUT2D eigenvalue weighted by molar-refractivity contribution is 0.611. The van der Waals surface area contributed by atoms with Gasteiger partial charge in [0.25, 0.3) is 0 Å². The summed E-state index contributed by atoms with van der Waals surface area (Å²) < 4.78 is 0. The van der Waals surface area contributed by atoms with E-state index in [0.29, 0.717) is 0 Å². The molecule has 0 aliphatic heterocycles. The van der Waals surface area contributed by atoms with Crippen LogP contribution < -0.4 is 0 Å². The first-order valence-electron chi connectivity index (χ1n) is 16.8. The third-order valence-electron chi connectivity index (χ3n) is 11.8. The van der Waals surface area contributed by atoms with Crippen LogP contribution in [-0.4, -0.2) is 0 Å². The smallest absolute Gasteiger partial charge is 0.0159 e. The van der Waals surface area contributed by atoms with Gasteiger partial charge in [-0.2, -0.15) is 0 Å². The maximum absolute atomic E-state index is 2.48. The Bertz CT molecular complexity index is 2100. The minimum absolute atomic E-state index is 0.000314. The van der Waals surface area contributed by atoms with Crippen LogP contribution in [0.4, 0.5) is 0 Å². The molecule has 0 saturated heterocycles. The molecular formula is C46H40. The number of hydrogen-bond donors (Lipinski definition) is 0. The highest BCUT2D eigenvalue weighted by atomic mass is 14.4. The first kappa shape index (κ1) is 27.6. The molecule has 0 fully saturated rings. The molecule has 0 nitrogen and oxygen atoms in total. The number of hydrogen-bond acceptors (Lipinski definition) is 0. The molecule has 0 spiro atoms. The Morgan fingerprint density at radius 1 is 0.326 bits per heavy atom. The van der Waals surface area contributed by atoms with Crippen LogP contribution >= 0.6 is 0 Å². The topological polar surface area (TPSA) is 0 Å². The number of fused-ring (bicyclic) bond motifs is 8. The summed E-state index contributed by atoms with van der Waals surface area (Å²) >= 11 is 0. The summed E-state index contributed by atoms with van der Waals surface area (Å²) in [4.78, 5) is 0. The minimum Gasteiger partial charge on any atom is -0.0619 e. The Morgan fingerprint density at radius 2 is 0.652 bits per heavy atom. The average molecular weight is 593 g/mol. The molecule has 0 saturated carbocycles. The van der Waals surface area contributed by atoms with Gasteiger partial charge in [-0.15, -0.1) is 0 Å². The molecule has 0 atom stereocenters. The van der Waals surface area contributed by atoms with Crippen LogP contribution in [0.5, 0.6) is 0 Å². The van der Waals surface area contributed by atoms with Crippen molar-refractivity contribution in [3.63, 3.8) is 0 Å². The third kappa shape index (κ3) is 3.68. The van der Waals surface area contributed by atoms with E-state index in [-0.39, 0.29) is 16.2 Å². The van der Waals surface area contributed by atoms with Crippen LogP contribution in [-0.2, 0) is 22.7 Å². The Morgan fingerprint density at radius 3 is 1.09 bits per heavy atom. The molecule has 0 heterocycles. The largest absolute Gasteiger partial charge is 0.0619 e. The zero-order chi connectivity index (χ0) is 31.6. The van der Waals surface area contributed by atoms with Gasteiger partial charge in [0.2, 0.25) is 0 Å². The van der Waals surface area contributed by atoms with E-state index >= 15 is 0 Å². The second-order valence-electron chi connectivity index (χ2n) is 15.4. The monoisotopic (exact) mass is 592 g/mol. The Kier molecular flexibility index (Phi) is 5.52. The molecule has 0 amide bonds. The zero-order valence-corrected chi connectivity index (χ0v) is 27.8. The second kappa shape index (κ2) is 9.20. The van der Waals surface area contributed by atoms with Crippen molar-refractivity contribution in [1.29, 1.82) is 0 Å². The third-order valence-corrected chi connectivity index (χ3v) is 11.8. The van der Waals surface area contributed by atoms with Gasteiger partial charge in [0, 0.05) is 16.2 Å². The summed E-state index contributed by atoms with van der Waals surface area (Å²) in [5, 5.41) is 0. The maximum Gasteiger partial charge on any atom is 0.0159 e. The molecular weight excluding hydrogens is 553 g/mol. The van der Waals surface area contributed by atoms with E-state index in [9.17, 15) is 0 Å². The Balaban J connectivity index is 1.10. The van der Waals surface area contributed by atoms with Crippen molar-refractivity contribution < 1.29 is 0 Å². The molecule has 3 aliphatic rings. The molecule has 3 aliphatic carbocycles. The molecule has 9 rings (SSSR count). The molecule has 46 heavy (non-hydrogen) atoms. The van der Waals surface area contributed by atoms with Crippen molar-refractivity contribution in [2.75, 3.05) is 0 Å². The van der Waals surface area contributed by atoms with Crippen LogP contribution in [0, 0.1) is 0 Å². The lowest BCUT2D eigenvalue weighted by Gasteiger charge is -2.36. The van der Waals surface area contributed by atoms with Crippen LogP contribution in [0.3, 0.4) is 0 Å². The van der Waals surface area contributed by atoms with Gasteiger partial charge >= 0.3 is 0 Å². The van der Waals surface area contributed by atoms with Gasteiger partial charge in [0.15, 0.2) is 0 Å². The van der Waals surface area contributed by atoms with Crippen LogP contribution in [0.1, 0.15) is 86.1 Å². The van der Waals surface area contributed by atoms with E-state index in [1.807, 2.05) is 0 Å². The second-order valence-corrected chi connectivity index (χ2v) is 15.4. The summed E-state index contributed by atoms with van der Waals surface area (Å²) in [6, 6.07) is 46.5. The minimum atomic E-state index is -0.104. The van der Waals surface area contributed by atoms with E-state index < -0.39 is 0 Å². The van der Waals surface area contributed by atoms with Gasteiger partial charge in [-0.3, -0.25) is 0 Å². The fourth-order valence-corrected chi connectivity index (χ4v) is 9.10. The van der Waals surface area contributed by atoms with Crippen molar-refractivity contribution >= 4 is 0 Å². The number of rotatable bonds is 2. The standard InChI is InChI=1S/C46H40/c1-44(2)38-13-9-7-11-34(38)36-21-19-30(26-42(36)44)28-15-17-32-23-33-18-16-29(25-41(33)46(5,6)40(32)24-28)31-20-22-37-35-12-8-10-14-39(35)45(3,4)43(37)27-31/h7-22,24-27H,23H2,1-6H3. The van der Waals surface area contributed by atoms with Crippen LogP contribution in [0.15, 0.2) is 121 Å². The quantitative estimate of drug-likeness (QED) is 0.188. The van der Waals surface area contributed by atoms with E-state index in [2.05, 4.69) is 163 Å². The van der Waals surface area contributed by atoms with Gasteiger partial charge in [-0.1, -0.05) is 139 Å². The molecule has 0 aromatic heterocycles. The normalized spacial score (nSPS) is 16.9. The molecule has 0 heteroatoms. The highest BCUT2D eigenvalue weighted by Crippen LogP contribution is 2.52. The fourth-order valence-electron chi connectivity index (χ4n) is 9.10. The SMILES string of the molecule is CC1(C)c2cc(-c3ccc4c(c3)C(C)(C)c3ccccc3-4)ccc2Cc2ccc(-c3ccc4c(c3)C(C)(C)c3ccccc3-4)cc21. The first-order valence-corrected chi connectivity index (χ1v) is 16.8. The van der Waals surface area contributed by atoms with Crippen molar-refractivity contribution in [2.24, 2.45) is 0 Å². The molecule has 6 aromatic carbocycles.